The molecule has 7 heteroatoms. The number of nitrogens with zero attached hydrogens (tertiary/aromatic N) is 4. The number of amides is 1. The number of rotatable bonds is 3. The van der Waals surface area contributed by atoms with Crippen molar-refractivity contribution in [3.8, 4) is 11.4 Å². The number of nitrogens with two attached hydrogens (primary N) is 1. The van der Waals surface area contributed by atoms with Crippen LogP contribution in [0.1, 0.15) is 16.8 Å². The predicted molar refractivity (Wildman–Crippen MR) is 119 cm³/mol. The Kier molecular flexibility index (Phi) is 4.40. The van der Waals surface area contributed by atoms with Gasteiger partial charge < -0.3 is 20.5 Å². The number of hydrogen-bond acceptors (Lipinski definition) is 5. The van der Waals surface area contributed by atoms with Gasteiger partial charge in [0.2, 0.25) is 0 Å². The third-order valence-electron chi connectivity index (χ3n) is 5.98. The molecule has 1 saturated heterocycles. The smallest absolute Gasteiger partial charge is 0.253 e. The van der Waals surface area contributed by atoms with E-state index in [0.29, 0.717) is 23.1 Å². The number of fused-ring (bicyclic) bond motifs is 2. The van der Waals surface area contributed by atoms with Gasteiger partial charge >= 0.3 is 0 Å². The van der Waals surface area contributed by atoms with Gasteiger partial charge in [0, 0.05) is 36.3 Å². The molecule has 2 aromatic carbocycles. The van der Waals surface area contributed by atoms with E-state index in [2.05, 4.69) is 33.9 Å². The van der Waals surface area contributed by atoms with Gasteiger partial charge in [-0.15, -0.1) is 0 Å². The highest BCUT2D eigenvalue weighted by atomic mass is 16.2. The molecule has 30 heavy (non-hydrogen) atoms. The van der Waals surface area contributed by atoms with Crippen LogP contribution in [0.25, 0.3) is 33.3 Å². The number of carbonyl (C=O) groups excluding carboxylic acids is 1. The maximum atomic E-state index is 13.0. The van der Waals surface area contributed by atoms with Crippen molar-refractivity contribution in [2.24, 2.45) is 0 Å². The van der Waals surface area contributed by atoms with E-state index in [1.54, 1.807) is 6.20 Å². The normalized spacial score (nSPS) is 16.8. The number of imidazole rings is 1. The molecule has 2 aromatic heterocycles. The molecule has 1 fully saturated rings. The minimum absolute atomic E-state index is 0.0595. The van der Waals surface area contributed by atoms with Crippen LogP contribution in [0.2, 0.25) is 0 Å². The molecule has 0 saturated carbocycles. The first-order valence-electron chi connectivity index (χ1n) is 10.1. The highest BCUT2D eigenvalue weighted by Crippen LogP contribution is 2.31. The van der Waals surface area contributed by atoms with Gasteiger partial charge in [-0.1, -0.05) is 18.2 Å². The van der Waals surface area contributed by atoms with Crippen molar-refractivity contribution in [1.29, 1.82) is 0 Å². The third-order valence-corrected chi connectivity index (χ3v) is 5.98. The molecule has 1 aliphatic heterocycles. The van der Waals surface area contributed by atoms with E-state index in [1.807, 2.05) is 47.4 Å². The molecule has 5 rings (SSSR count). The number of anilines is 1. The lowest BCUT2D eigenvalue weighted by molar-refractivity contribution is 0.0783. The third kappa shape index (κ3) is 3.07. The van der Waals surface area contributed by atoms with Crippen LogP contribution in [-0.4, -0.2) is 63.9 Å². The Morgan fingerprint density at radius 2 is 2.03 bits per heavy atom. The fourth-order valence-electron chi connectivity index (χ4n) is 4.15. The van der Waals surface area contributed by atoms with Gasteiger partial charge in [0.15, 0.2) is 0 Å². The lowest BCUT2D eigenvalue weighted by Crippen LogP contribution is -2.34. The Hall–Kier alpha value is -3.45. The van der Waals surface area contributed by atoms with Crippen molar-refractivity contribution in [2.75, 3.05) is 32.9 Å². The van der Waals surface area contributed by atoms with Crippen molar-refractivity contribution in [2.45, 2.75) is 12.5 Å². The molecule has 1 amide bonds. The number of likely N-dealkylation sites (tertiary alicyclic amines) is 1. The van der Waals surface area contributed by atoms with Gasteiger partial charge in [-0.05, 0) is 44.8 Å². The standard InChI is InChI=1S/C23H24N6O/c1-28(2)15-9-10-29(13-15)23(30)14-7-8-19-20(11-14)27-22(26-19)17-12-25-18-6-4-3-5-16(18)21(17)24/h3-8,11-12,15H,9-10,13H2,1-2H3,(H2,24,25)(H,26,27)/t15-/m0/s1. The number of pyridine rings is 1. The zero-order chi connectivity index (χ0) is 20.8. The molecular formula is C23H24N6O. The van der Waals surface area contributed by atoms with Crippen LogP contribution in [0.4, 0.5) is 5.69 Å². The highest BCUT2D eigenvalue weighted by Gasteiger charge is 2.28. The summed E-state index contributed by atoms with van der Waals surface area (Å²) < 4.78 is 0. The predicted octanol–water partition coefficient (Wildman–Crippen LogP) is 3.14. The van der Waals surface area contributed by atoms with Crippen molar-refractivity contribution < 1.29 is 4.79 Å². The summed E-state index contributed by atoms with van der Waals surface area (Å²) in [6, 6.07) is 13.8. The average molecular weight is 400 g/mol. The number of aromatic nitrogens is 3. The van der Waals surface area contributed by atoms with E-state index >= 15 is 0 Å². The van der Waals surface area contributed by atoms with Crippen molar-refractivity contribution in [1.82, 2.24) is 24.8 Å². The summed E-state index contributed by atoms with van der Waals surface area (Å²) in [5.74, 6) is 0.712. The number of nitrogen functional groups attached to an aromatic ring is 1. The molecule has 1 aliphatic rings. The molecule has 0 spiro atoms. The summed E-state index contributed by atoms with van der Waals surface area (Å²) in [5, 5.41) is 0.899. The Morgan fingerprint density at radius 1 is 1.20 bits per heavy atom. The van der Waals surface area contributed by atoms with E-state index in [9.17, 15) is 4.79 Å². The van der Waals surface area contributed by atoms with Crippen LogP contribution in [-0.2, 0) is 0 Å². The number of benzene rings is 2. The Morgan fingerprint density at radius 3 is 2.83 bits per heavy atom. The summed E-state index contributed by atoms with van der Waals surface area (Å²) in [5.41, 5.74) is 10.9. The first-order chi connectivity index (χ1) is 14.5. The first kappa shape index (κ1) is 18.6. The van der Waals surface area contributed by atoms with E-state index in [-0.39, 0.29) is 5.91 Å². The van der Waals surface area contributed by atoms with Crippen molar-refractivity contribution in [3.05, 3.63) is 54.2 Å². The molecule has 0 radical (unpaired) electrons. The molecule has 3 heterocycles. The SMILES string of the molecule is CN(C)[C@H]1CCN(C(=O)c2ccc3nc(-c4cnc5ccccc5c4N)[nH]c3c2)C1. The zero-order valence-electron chi connectivity index (χ0n) is 17.1. The number of hydrogen-bond donors (Lipinski definition) is 2. The molecule has 1 atom stereocenters. The molecule has 0 aliphatic carbocycles. The Bertz CT molecular complexity index is 1260. The molecule has 7 nitrogen and oxygen atoms in total. The van der Waals surface area contributed by atoms with Gasteiger partial charge in [-0.2, -0.15) is 0 Å². The maximum absolute atomic E-state index is 13.0. The summed E-state index contributed by atoms with van der Waals surface area (Å²) in [7, 11) is 4.12. The molecule has 0 unspecified atom stereocenters. The van der Waals surface area contributed by atoms with Crippen LogP contribution in [0.3, 0.4) is 0 Å². The first-order valence-corrected chi connectivity index (χ1v) is 10.1. The van der Waals surface area contributed by atoms with Crippen LogP contribution < -0.4 is 5.73 Å². The van der Waals surface area contributed by atoms with Crippen LogP contribution in [0.15, 0.2) is 48.7 Å². The molecule has 4 aromatic rings. The summed E-state index contributed by atoms with van der Waals surface area (Å²) in [6.45, 7) is 1.55. The molecule has 3 N–H and O–H groups in total. The fourth-order valence-corrected chi connectivity index (χ4v) is 4.15. The largest absolute Gasteiger partial charge is 0.398 e. The van der Waals surface area contributed by atoms with Gasteiger partial charge in [0.05, 0.1) is 27.8 Å². The second kappa shape index (κ2) is 7.11. The number of nitrogens with one attached hydrogen (secondary N) is 1. The van der Waals surface area contributed by atoms with Crippen molar-refractivity contribution in [3.63, 3.8) is 0 Å². The zero-order valence-corrected chi connectivity index (χ0v) is 17.1. The molecular weight excluding hydrogens is 376 g/mol. The van der Waals surface area contributed by atoms with E-state index in [4.69, 9.17) is 5.73 Å². The fraction of sp³-hybridized carbons (Fsp3) is 0.261. The van der Waals surface area contributed by atoms with Gasteiger partial charge in [-0.25, -0.2) is 4.98 Å². The van der Waals surface area contributed by atoms with E-state index in [0.717, 1.165) is 47.0 Å². The topological polar surface area (TPSA) is 91.1 Å². The monoisotopic (exact) mass is 400 g/mol. The number of carbonyl (C=O) groups is 1. The molecule has 0 bridgehead atoms. The van der Waals surface area contributed by atoms with E-state index < -0.39 is 0 Å². The summed E-state index contributed by atoms with van der Waals surface area (Å²) in [6.07, 6.45) is 2.75. The highest BCUT2D eigenvalue weighted by molar-refractivity contribution is 6.00. The lowest BCUT2D eigenvalue weighted by atomic mass is 10.1. The van der Waals surface area contributed by atoms with Crippen LogP contribution >= 0.6 is 0 Å². The van der Waals surface area contributed by atoms with E-state index in [1.165, 1.54) is 0 Å². The molecule has 152 valence electrons. The van der Waals surface area contributed by atoms with Gasteiger partial charge in [0.25, 0.3) is 5.91 Å². The van der Waals surface area contributed by atoms with Gasteiger partial charge in [0.1, 0.15) is 5.82 Å². The Labute approximate surface area is 174 Å². The Balaban J connectivity index is 1.48. The van der Waals surface area contributed by atoms with Gasteiger partial charge in [-0.3, -0.25) is 9.78 Å². The number of aromatic amines is 1. The number of para-hydroxylation sites is 1. The van der Waals surface area contributed by atoms with Crippen LogP contribution in [0.5, 0.6) is 0 Å². The second-order valence-corrected chi connectivity index (χ2v) is 8.08. The second-order valence-electron chi connectivity index (χ2n) is 8.08. The quantitative estimate of drug-likeness (QED) is 0.551. The minimum atomic E-state index is 0.0595. The van der Waals surface area contributed by atoms with Crippen molar-refractivity contribution >= 4 is 33.5 Å². The maximum Gasteiger partial charge on any atom is 0.253 e. The summed E-state index contributed by atoms with van der Waals surface area (Å²) >= 11 is 0. The van der Waals surface area contributed by atoms with Crippen LogP contribution in [0, 0.1) is 0 Å². The number of likely N-dealkylation sites (N-methyl/N-ethyl adjacent to an activating group) is 1. The summed E-state index contributed by atoms with van der Waals surface area (Å²) in [4.78, 5) is 29.6. The average Bonchev–Trinajstić information content (AvgIpc) is 3.40. The number of H-pyrrole nitrogens is 1. The minimum Gasteiger partial charge on any atom is -0.398 e. The lowest BCUT2D eigenvalue weighted by Gasteiger charge is -2.20.